The van der Waals surface area contributed by atoms with Crippen molar-refractivity contribution in [3.63, 3.8) is 0 Å². The molecule has 2 aliphatic rings. The summed E-state index contributed by atoms with van der Waals surface area (Å²) in [6.45, 7) is 9.17. The Labute approximate surface area is 218 Å². The highest BCUT2D eigenvalue weighted by Gasteiger charge is 2.24. The molecular weight excluding hydrogens is 480 g/mol. The molecule has 0 amide bonds. The Bertz CT molecular complexity index is 1160. The Morgan fingerprint density at radius 2 is 1.86 bits per heavy atom. The summed E-state index contributed by atoms with van der Waals surface area (Å²) in [5.74, 6) is 0.402. The lowest BCUT2D eigenvalue weighted by Crippen LogP contribution is -2.37. The molecule has 1 atom stereocenters. The van der Waals surface area contributed by atoms with Crippen molar-refractivity contribution in [2.75, 3.05) is 11.6 Å². The van der Waals surface area contributed by atoms with Gasteiger partial charge in [-0.2, -0.15) is 5.10 Å². The van der Waals surface area contributed by atoms with Crippen LogP contribution in [0.4, 0.5) is 10.1 Å². The molecule has 1 N–H and O–H groups in total. The molecule has 4 rings (SSSR count). The number of rotatable bonds is 7. The topological polar surface area (TPSA) is 27.6 Å². The molecule has 35 heavy (non-hydrogen) atoms. The number of hydrogen-bond acceptors (Lipinski definition) is 3. The van der Waals surface area contributed by atoms with Gasteiger partial charge in [0.1, 0.15) is 11.5 Å². The molecule has 184 valence electrons. The number of halogens is 3. The molecule has 1 heterocycles. The van der Waals surface area contributed by atoms with Crippen molar-refractivity contribution in [3.05, 3.63) is 93.4 Å². The molecule has 0 bridgehead atoms. The number of nitrogens with one attached hydrogen (secondary N) is 1. The van der Waals surface area contributed by atoms with Crippen molar-refractivity contribution in [1.29, 1.82) is 0 Å². The molecule has 6 heteroatoms. The fraction of sp³-hybridized carbons (Fsp3) is 0.345. The molecule has 0 aromatic heterocycles. The standard InChI is InChI=1S/C29H32Cl2FN3/c1-19(15-22-9-12-26(32)13-10-22)24-16-28(21(3)33-20(2)23-7-5-4-6-8-23)34-35(18-24)29-14-11-25(30)17-27(29)31/h9-17,20,23,33H,3-8,18H2,1-2H3/b19-15+/t20-/m0/s1. The zero-order chi connectivity index (χ0) is 24.9. The van der Waals surface area contributed by atoms with Crippen LogP contribution in [0.1, 0.15) is 51.5 Å². The zero-order valence-electron chi connectivity index (χ0n) is 20.3. The van der Waals surface area contributed by atoms with Gasteiger partial charge >= 0.3 is 0 Å². The molecule has 2 aromatic rings. The summed E-state index contributed by atoms with van der Waals surface area (Å²) in [7, 11) is 0. The number of hydrazone groups is 1. The van der Waals surface area contributed by atoms with Gasteiger partial charge < -0.3 is 5.32 Å². The average molecular weight is 513 g/mol. The predicted octanol–water partition coefficient (Wildman–Crippen LogP) is 8.41. The van der Waals surface area contributed by atoms with Gasteiger partial charge in [-0.15, -0.1) is 0 Å². The Balaban J connectivity index is 1.63. The maximum atomic E-state index is 13.4. The van der Waals surface area contributed by atoms with Gasteiger partial charge in [0.25, 0.3) is 0 Å². The highest BCUT2D eigenvalue weighted by Crippen LogP contribution is 2.33. The van der Waals surface area contributed by atoms with Crippen LogP contribution < -0.4 is 10.3 Å². The fourth-order valence-electron chi connectivity index (χ4n) is 4.78. The molecule has 3 nitrogen and oxygen atoms in total. The van der Waals surface area contributed by atoms with Crippen molar-refractivity contribution < 1.29 is 4.39 Å². The SMILES string of the molecule is C=C(N[C@@H](C)C1CCCCC1)C1=NN(c2ccc(Cl)cc2Cl)CC(/C(C)=C/c2ccc(F)cc2)=C1. The van der Waals surface area contributed by atoms with Gasteiger partial charge in [0.05, 0.1) is 23.0 Å². The van der Waals surface area contributed by atoms with E-state index in [2.05, 4.69) is 37.9 Å². The maximum Gasteiger partial charge on any atom is 0.123 e. The van der Waals surface area contributed by atoms with Crippen LogP contribution in [0.3, 0.4) is 0 Å². The van der Waals surface area contributed by atoms with Gasteiger partial charge in [-0.25, -0.2) is 4.39 Å². The summed E-state index contributed by atoms with van der Waals surface area (Å²) in [6.07, 6.45) is 10.6. The highest BCUT2D eigenvalue weighted by molar-refractivity contribution is 6.36. The normalized spacial score (nSPS) is 18.1. The zero-order valence-corrected chi connectivity index (χ0v) is 21.8. The molecular formula is C29H32Cl2FN3. The Kier molecular flexibility index (Phi) is 8.35. The van der Waals surface area contributed by atoms with Gasteiger partial charge in [-0.3, -0.25) is 5.01 Å². The second-order valence-electron chi connectivity index (χ2n) is 9.50. The Morgan fingerprint density at radius 3 is 2.54 bits per heavy atom. The van der Waals surface area contributed by atoms with E-state index >= 15 is 0 Å². The maximum absolute atomic E-state index is 13.4. The Hall–Kier alpha value is -2.56. The van der Waals surface area contributed by atoms with Crippen LogP contribution >= 0.6 is 23.2 Å². The number of benzene rings is 2. The molecule has 0 spiro atoms. The van der Waals surface area contributed by atoms with Crippen molar-refractivity contribution in [2.24, 2.45) is 11.0 Å². The number of anilines is 1. The first-order valence-corrected chi connectivity index (χ1v) is 13.0. The minimum absolute atomic E-state index is 0.246. The molecule has 0 unspecified atom stereocenters. The van der Waals surface area contributed by atoms with Crippen molar-refractivity contribution in [3.8, 4) is 0 Å². The molecule has 2 aromatic carbocycles. The summed E-state index contributed by atoms with van der Waals surface area (Å²) < 4.78 is 13.4. The third kappa shape index (κ3) is 6.56. The smallest absolute Gasteiger partial charge is 0.123 e. The summed E-state index contributed by atoms with van der Waals surface area (Å²) in [4.78, 5) is 0. The van der Waals surface area contributed by atoms with E-state index in [1.807, 2.05) is 17.1 Å². The van der Waals surface area contributed by atoms with E-state index in [1.165, 1.54) is 44.2 Å². The van der Waals surface area contributed by atoms with E-state index in [0.717, 1.165) is 33.8 Å². The van der Waals surface area contributed by atoms with Crippen LogP contribution in [0.2, 0.25) is 10.0 Å². The first kappa shape index (κ1) is 25.5. The van der Waals surface area contributed by atoms with E-state index in [9.17, 15) is 4.39 Å². The van der Waals surface area contributed by atoms with Gasteiger partial charge in [0, 0.05) is 11.1 Å². The van der Waals surface area contributed by atoms with Crippen LogP contribution in [0.25, 0.3) is 6.08 Å². The van der Waals surface area contributed by atoms with Crippen LogP contribution in [0, 0.1) is 11.7 Å². The molecule has 0 saturated heterocycles. The van der Waals surface area contributed by atoms with Gasteiger partial charge in [0.2, 0.25) is 0 Å². The fourth-order valence-corrected chi connectivity index (χ4v) is 5.29. The van der Waals surface area contributed by atoms with Crippen molar-refractivity contribution in [1.82, 2.24) is 5.32 Å². The quantitative estimate of drug-likeness (QED) is 0.403. The number of hydrogen-bond donors (Lipinski definition) is 1. The lowest BCUT2D eigenvalue weighted by atomic mass is 9.84. The Morgan fingerprint density at radius 1 is 1.14 bits per heavy atom. The van der Waals surface area contributed by atoms with E-state index in [1.54, 1.807) is 18.2 Å². The lowest BCUT2D eigenvalue weighted by molar-refractivity contribution is 0.295. The summed E-state index contributed by atoms with van der Waals surface area (Å²) >= 11 is 12.7. The molecule has 1 aliphatic carbocycles. The third-order valence-corrected chi connectivity index (χ3v) is 7.41. The number of allylic oxidation sites excluding steroid dienone is 1. The van der Waals surface area contributed by atoms with E-state index in [0.29, 0.717) is 28.5 Å². The minimum Gasteiger partial charge on any atom is -0.381 e. The van der Waals surface area contributed by atoms with Gasteiger partial charge in [-0.1, -0.05) is 67.3 Å². The van der Waals surface area contributed by atoms with Gasteiger partial charge in [0.15, 0.2) is 0 Å². The highest BCUT2D eigenvalue weighted by atomic mass is 35.5. The second-order valence-corrected chi connectivity index (χ2v) is 10.3. The predicted molar refractivity (Wildman–Crippen MR) is 148 cm³/mol. The minimum atomic E-state index is -0.246. The van der Waals surface area contributed by atoms with E-state index < -0.39 is 0 Å². The van der Waals surface area contributed by atoms with E-state index in [-0.39, 0.29) is 5.82 Å². The molecule has 1 fully saturated rings. The summed E-state index contributed by atoms with van der Waals surface area (Å²) in [6, 6.07) is 12.2. The van der Waals surface area contributed by atoms with Crippen LogP contribution in [-0.4, -0.2) is 18.3 Å². The summed E-state index contributed by atoms with van der Waals surface area (Å²) in [5.41, 5.74) is 5.43. The monoisotopic (exact) mass is 511 g/mol. The van der Waals surface area contributed by atoms with Crippen molar-refractivity contribution in [2.45, 2.75) is 52.0 Å². The molecule has 1 aliphatic heterocycles. The van der Waals surface area contributed by atoms with Crippen LogP contribution in [-0.2, 0) is 0 Å². The molecule has 0 radical (unpaired) electrons. The van der Waals surface area contributed by atoms with Crippen LogP contribution in [0.15, 0.2) is 77.1 Å². The first-order valence-electron chi connectivity index (χ1n) is 12.2. The largest absolute Gasteiger partial charge is 0.381 e. The second kappa shape index (κ2) is 11.5. The summed E-state index contributed by atoms with van der Waals surface area (Å²) in [5, 5.41) is 11.5. The van der Waals surface area contributed by atoms with E-state index in [4.69, 9.17) is 28.3 Å². The van der Waals surface area contributed by atoms with Gasteiger partial charge in [-0.05, 0) is 85.7 Å². The van der Waals surface area contributed by atoms with Crippen LogP contribution in [0.5, 0.6) is 0 Å². The first-order chi connectivity index (χ1) is 16.8. The lowest BCUT2D eigenvalue weighted by Gasteiger charge is -2.31. The third-order valence-electron chi connectivity index (χ3n) is 6.88. The molecule has 1 saturated carbocycles. The average Bonchev–Trinajstić information content (AvgIpc) is 2.85. The number of nitrogens with zero attached hydrogens (tertiary/aromatic N) is 2. The van der Waals surface area contributed by atoms with Crippen molar-refractivity contribution >= 4 is 40.7 Å².